The first-order chi connectivity index (χ1) is 14.3. The molecule has 2 fully saturated rings. The molecule has 3 amide bonds. The Morgan fingerprint density at radius 2 is 1.53 bits per heavy atom. The van der Waals surface area contributed by atoms with Gasteiger partial charge in [-0.1, -0.05) is 53.6 Å². The van der Waals surface area contributed by atoms with E-state index in [1.54, 1.807) is 6.92 Å². The van der Waals surface area contributed by atoms with Gasteiger partial charge in [0.2, 0.25) is 0 Å². The number of nitrogens with one attached hydrogen (secondary N) is 1. The van der Waals surface area contributed by atoms with Crippen molar-refractivity contribution < 1.29 is 9.59 Å². The smallest absolute Gasteiger partial charge is 0.319 e. The Bertz CT molecular complexity index is 923. The molecular formula is C23H27ClN4O2. The minimum absolute atomic E-state index is 0.194. The zero-order valence-corrected chi connectivity index (χ0v) is 18.2. The van der Waals surface area contributed by atoms with E-state index in [1.165, 1.54) is 10.5 Å². The lowest BCUT2D eigenvalue weighted by Crippen LogP contribution is -2.51. The third-order valence-electron chi connectivity index (χ3n) is 6.03. The number of aryl methyl sites for hydroxylation is 1. The number of carbonyl (C=O) groups is 2. The van der Waals surface area contributed by atoms with Crippen molar-refractivity contribution in [2.45, 2.75) is 25.9 Å². The van der Waals surface area contributed by atoms with Crippen molar-refractivity contribution in [2.24, 2.45) is 0 Å². The highest BCUT2D eigenvalue weighted by Crippen LogP contribution is 2.29. The van der Waals surface area contributed by atoms with E-state index in [9.17, 15) is 9.59 Å². The predicted octanol–water partition coefficient (Wildman–Crippen LogP) is 3.19. The second-order valence-corrected chi connectivity index (χ2v) is 8.75. The first-order valence-electron chi connectivity index (χ1n) is 10.3. The average Bonchev–Trinajstić information content (AvgIpc) is 2.95. The average molecular weight is 427 g/mol. The molecular weight excluding hydrogens is 400 g/mol. The van der Waals surface area contributed by atoms with Gasteiger partial charge in [0.05, 0.1) is 6.67 Å². The minimum atomic E-state index is -1.01. The number of rotatable bonds is 5. The standard InChI is InChI=1S/C23H27ClN4O2/c1-17-3-7-19(8-4-17)23(2)21(29)28(22(30)25-23)16-27-13-11-26(12-14-27)15-18-5-9-20(24)10-6-18/h3-10H,11-16H2,1-2H3,(H,25,30)/t23-/m1/s1. The van der Waals surface area contributed by atoms with Gasteiger partial charge in [0, 0.05) is 37.7 Å². The topological polar surface area (TPSA) is 55.9 Å². The first kappa shape index (κ1) is 20.8. The van der Waals surface area contributed by atoms with Crippen molar-refractivity contribution in [1.82, 2.24) is 20.0 Å². The summed E-state index contributed by atoms with van der Waals surface area (Å²) in [4.78, 5) is 31.6. The molecule has 2 aliphatic heterocycles. The van der Waals surface area contributed by atoms with E-state index in [1.807, 2.05) is 55.5 Å². The minimum Gasteiger partial charge on any atom is -0.319 e. The molecule has 2 aliphatic rings. The Hall–Kier alpha value is -2.41. The van der Waals surface area contributed by atoms with Crippen molar-refractivity contribution in [2.75, 3.05) is 32.8 Å². The van der Waals surface area contributed by atoms with Gasteiger partial charge in [0.25, 0.3) is 5.91 Å². The number of imide groups is 1. The quantitative estimate of drug-likeness (QED) is 0.746. The second kappa shape index (κ2) is 8.38. The molecule has 0 saturated carbocycles. The molecule has 30 heavy (non-hydrogen) atoms. The largest absolute Gasteiger partial charge is 0.326 e. The van der Waals surface area contributed by atoms with Gasteiger partial charge in [-0.3, -0.25) is 14.6 Å². The lowest BCUT2D eigenvalue weighted by Gasteiger charge is -2.36. The van der Waals surface area contributed by atoms with Gasteiger partial charge in [-0.25, -0.2) is 9.69 Å². The molecule has 0 bridgehead atoms. The maximum Gasteiger partial charge on any atom is 0.326 e. The van der Waals surface area contributed by atoms with Crippen LogP contribution in [0, 0.1) is 6.92 Å². The highest BCUT2D eigenvalue weighted by atomic mass is 35.5. The number of hydrogen-bond donors (Lipinski definition) is 1. The monoisotopic (exact) mass is 426 g/mol. The summed E-state index contributed by atoms with van der Waals surface area (Å²) in [6.45, 7) is 8.38. The second-order valence-electron chi connectivity index (χ2n) is 8.32. The van der Waals surface area contributed by atoms with Crippen LogP contribution in [0.15, 0.2) is 48.5 Å². The van der Waals surface area contributed by atoms with Gasteiger partial charge in [-0.05, 0) is 37.1 Å². The van der Waals surface area contributed by atoms with Crippen LogP contribution in [0.25, 0.3) is 0 Å². The van der Waals surface area contributed by atoms with Gasteiger partial charge in [0.15, 0.2) is 0 Å². The number of hydrogen-bond acceptors (Lipinski definition) is 4. The van der Waals surface area contributed by atoms with E-state index in [4.69, 9.17) is 11.6 Å². The molecule has 0 unspecified atom stereocenters. The van der Waals surface area contributed by atoms with E-state index < -0.39 is 5.54 Å². The zero-order chi connectivity index (χ0) is 21.3. The van der Waals surface area contributed by atoms with Crippen molar-refractivity contribution in [3.63, 3.8) is 0 Å². The van der Waals surface area contributed by atoms with Crippen LogP contribution in [0.5, 0.6) is 0 Å². The molecule has 0 aromatic heterocycles. The van der Waals surface area contributed by atoms with E-state index >= 15 is 0 Å². The molecule has 0 spiro atoms. The molecule has 2 saturated heterocycles. The van der Waals surface area contributed by atoms with E-state index in [0.29, 0.717) is 6.67 Å². The van der Waals surface area contributed by atoms with Crippen LogP contribution >= 0.6 is 11.6 Å². The molecule has 6 nitrogen and oxygen atoms in total. The first-order valence-corrected chi connectivity index (χ1v) is 10.6. The third-order valence-corrected chi connectivity index (χ3v) is 6.28. The normalized spacial score (nSPS) is 23.1. The van der Waals surface area contributed by atoms with Crippen molar-refractivity contribution in [1.29, 1.82) is 0 Å². The van der Waals surface area contributed by atoms with Crippen LogP contribution in [0.3, 0.4) is 0 Å². The highest BCUT2D eigenvalue weighted by molar-refractivity contribution is 6.30. The number of urea groups is 1. The molecule has 1 N–H and O–H groups in total. The van der Waals surface area contributed by atoms with Gasteiger partial charge in [0.1, 0.15) is 5.54 Å². The van der Waals surface area contributed by atoms with Crippen LogP contribution in [0.2, 0.25) is 5.02 Å². The number of halogens is 1. The maximum atomic E-state index is 13.1. The van der Waals surface area contributed by atoms with Crippen LogP contribution in [0.1, 0.15) is 23.6 Å². The third kappa shape index (κ3) is 4.21. The van der Waals surface area contributed by atoms with Crippen molar-refractivity contribution >= 4 is 23.5 Å². The molecule has 2 heterocycles. The fourth-order valence-corrected chi connectivity index (χ4v) is 4.17. The molecule has 0 aliphatic carbocycles. The van der Waals surface area contributed by atoms with Gasteiger partial charge in [-0.15, -0.1) is 0 Å². The van der Waals surface area contributed by atoms with Crippen molar-refractivity contribution in [3.05, 3.63) is 70.2 Å². The summed E-state index contributed by atoms with van der Waals surface area (Å²) < 4.78 is 0. The fourth-order valence-electron chi connectivity index (χ4n) is 4.04. The number of benzene rings is 2. The molecule has 158 valence electrons. The summed E-state index contributed by atoms with van der Waals surface area (Å²) in [5, 5.41) is 3.64. The highest BCUT2D eigenvalue weighted by Gasteiger charge is 2.49. The Balaban J connectivity index is 1.34. The fraction of sp³-hybridized carbons (Fsp3) is 0.391. The van der Waals surface area contributed by atoms with Crippen molar-refractivity contribution in [3.8, 4) is 0 Å². The number of nitrogens with zero attached hydrogens (tertiary/aromatic N) is 3. The SMILES string of the molecule is Cc1ccc([C@@]2(C)NC(=O)N(CN3CCN(Cc4ccc(Cl)cc4)CC3)C2=O)cc1. The zero-order valence-electron chi connectivity index (χ0n) is 17.4. The summed E-state index contributed by atoms with van der Waals surface area (Å²) in [7, 11) is 0. The Morgan fingerprint density at radius 3 is 2.17 bits per heavy atom. The van der Waals surface area contributed by atoms with Gasteiger partial charge >= 0.3 is 6.03 Å². The van der Waals surface area contributed by atoms with E-state index in [0.717, 1.165) is 48.9 Å². The summed E-state index contributed by atoms with van der Waals surface area (Å²) in [5.74, 6) is -0.194. The molecule has 1 atom stereocenters. The maximum absolute atomic E-state index is 13.1. The van der Waals surface area contributed by atoms with E-state index in [-0.39, 0.29) is 11.9 Å². The lowest BCUT2D eigenvalue weighted by atomic mass is 9.91. The molecule has 2 aromatic carbocycles. The van der Waals surface area contributed by atoms with Crippen LogP contribution in [0.4, 0.5) is 4.79 Å². The summed E-state index contributed by atoms with van der Waals surface area (Å²) in [5.41, 5.74) is 2.14. The Morgan fingerprint density at radius 1 is 0.933 bits per heavy atom. The van der Waals surface area contributed by atoms with Crippen LogP contribution in [-0.4, -0.2) is 59.5 Å². The lowest BCUT2D eigenvalue weighted by molar-refractivity contribution is -0.132. The van der Waals surface area contributed by atoms with Gasteiger partial charge in [-0.2, -0.15) is 0 Å². The Labute approximate surface area is 182 Å². The Kier molecular flexibility index (Phi) is 5.82. The number of piperazine rings is 1. The van der Waals surface area contributed by atoms with E-state index in [2.05, 4.69) is 15.1 Å². The molecule has 4 rings (SSSR count). The summed E-state index contributed by atoms with van der Waals surface area (Å²) in [6, 6.07) is 15.3. The summed E-state index contributed by atoms with van der Waals surface area (Å²) >= 11 is 5.96. The van der Waals surface area contributed by atoms with Gasteiger partial charge < -0.3 is 5.32 Å². The molecule has 2 aromatic rings. The predicted molar refractivity (Wildman–Crippen MR) is 117 cm³/mol. The molecule has 7 heteroatoms. The number of carbonyl (C=O) groups excluding carboxylic acids is 2. The van der Waals surface area contributed by atoms with Crippen LogP contribution in [-0.2, 0) is 16.9 Å². The number of amides is 3. The summed E-state index contributed by atoms with van der Waals surface area (Å²) in [6.07, 6.45) is 0. The molecule has 0 radical (unpaired) electrons. The van der Waals surface area contributed by atoms with Crippen LogP contribution < -0.4 is 5.32 Å².